The third-order valence-corrected chi connectivity index (χ3v) is 7.44. The van der Waals surface area contributed by atoms with Gasteiger partial charge in [0, 0.05) is 43.5 Å². The van der Waals surface area contributed by atoms with E-state index in [1.54, 1.807) is 0 Å². The number of aryl methyl sites for hydroxylation is 1. The summed E-state index contributed by atoms with van der Waals surface area (Å²) in [5, 5.41) is 27.0. The summed E-state index contributed by atoms with van der Waals surface area (Å²) in [6, 6.07) is 20.3. The molecular weight excluding hydrogens is 637 g/mol. The molecule has 0 aliphatic rings. The Hall–Kier alpha value is -2.88. The summed E-state index contributed by atoms with van der Waals surface area (Å²) in [5.41, 5.74) is 1.93. The fourth-order valence-electron chi connectivity index (χ4n) is 5.20. The monoisotopic (exact) mass is 672 g/mol. The molecule has 1 aromatic heterocycles. The fourth-order valence-corrected chi connectivity index (χ4v) is 5.20. The van der Waals surface area contributed by atoms with Gasteiger partial charge in [-0.05, 0) is 48.8 Å². The molecular formula is C32H35IrN2O2-. The topological polar surface area (TPSA) is 63.1 Å². The molecule has 4 aromatic carbocycles. The van der Waals surface area contributed by atoms with Crippen molar-refractivity contribution in [1.82, 2.24) is 10.2 Å². The van der Waals surface area contributed by atoms with E-state index in [-0.39, 0.29) is 43.5 Å². The SMILES string of the molecule is CCC(CC)C(=O)/C=C(\O)C(CC)CC.Cc1nnc2c3[c-]ccc4cccc(c5cccc1c52)c43.[Ir]. The first-order chi connectivity index (χ1) is 17.4. The first-order valence-electron chi connectivity index (χ1n) is 13.1. The average Bonchev–Trinajstić information content (AvgIpc) is 2.90. The largest absolute Gasteiger partial charge is 0.512 e. The van der Waals surface area contributed by atoms with E-state index in [2.05, 4.69) is 58.7 Å². The van der Waals surface area contributed by atoms with Crippen LogP contribution in [0.1, 0.15) is 59.1 Å². The van der Waals surface area contributed by atoms with Crippen molar-refractivity contribution in [3.8, 4) is 0 Å². The number of carbonyl (C=O) groups is 1. The number of nitrogens with zero attached hydrogens (tertiary/aromatic N) is 2. The van der Waals surface area contributed by atoms with Gasteiger partial charge in [0.2, 0.25) is 0 Å². The van der Waals surface area contributed by atoms with Crippen LogP contribution in [0.15, 0.2) is 60.4 Å². The van der Waals surface area contributed by atoms with Crippen LogP contribution in [0.2, 0.25) is 0 Å². The normalized spacial score (nSPS) is 11.9. The van der Waals surface area contributed by atoms with Gasteiger partial charge < -0.3 is 5.11 Å². The molecule has 0 atom stereocenters. The molecule has 0 saturated carbocycles. The molecule has 0 saturated heterocycles. The Kier molecular flexibility index (Phi) is 9.75. The maximum atomic E-state index is 11.7. The minimum atomic E-state index is 0. The quantitative estimate of drug-likeness (QED) is 0.0620. The number of ketones is 1. The van der Waals surface area contributed by atoms with Gasteiger partial charge in [0.05, 0.1) is 11.5 Å². The van der Waals surface area contributed by atoms with E-state index in [0.29, 0.717) is 0 Å². The Balaban J connectivity index is 0.000000214. The summed E-state index contributed by atoms with van der Waals surface area (Å²) in [6.07, 6.45) is 4.91. The number of rotatable bonds is 7. The van der Waals surface area contributed by atoms with Gasteiger partial charge in [-0.3, -0.25) is 4.79 Å². The molecule has 0 aliphatic carbocycles. The summed E-state index contributed by atoms with van der Waals surface area (Å²) < 4.78 is 0. The van der Waals surface area contributed by atoms with Crippen LogP contribution in [-0.2, 0) is 24.9 Å². The minimum Gasteiger partial charge on any atom is -0.512 e. The molecule has 0 unspecified atom stereocenters. The number of hydrogen-bond donors (Lipinski definition) is 1. The summed E-state index contributed by atoms with van der Waals surface area (Å²) in [5.74, 6) is 0.547. The maximum Gasteiger partial charge on any atom is 0.162 e. The predicted octanol–water partition coefficient (Wildman–Crippen LogP) is 8.50. The van der Waals surface area contributed by atoms with Crippen LogP contribution in [0, 0.1) is 24.8 Å². The fraction of sp³-hybridized carbons (Fsp3) is 0.344. The van der Waals surface area contributed by atoms with Crippen molar-refractivity contribution in [2.75, 3.05) is 0 Å². The smallest absolute Gasteiger partial charge is 0.162 e. The van der Waals surface area contributed by atoms with Crippen molar-refractivity contribution >= 4 is 49.0 Å². The molecule has 195 valence electrons. The molecule has 0 bridgehead atoms. The molecule has 0 spiro atoms. The Morgan fingerprint density at radius 3 is 2.11 bits per heavy atom. The van der Waals surface area contributed by atoms with Crippen LogP contribution in [0.25, 0.3) is 43.2 Å². The van der Waals surface area contributed by atoms with Crippen LogP contribution >= 0.6 is 0 Å². The van der Waals surface area contributed by atoms with Crippen molar-refractivity contribution in [3.05, 3.63) is 72.1 Å². The second kappa shape index (κ2) is 12.6. The van der Waals surface area contributed by atoms with Crippen LogP contribution in [0.4, 0.5) is 0 Å². The average molecular weight is 672 g/mol. The van der Waals surface area contributed by atoms with Gasteiger partial charge in [0.1, 0.15) is 0 Å². The minimum absolute atomic E-state index is 0. The number of aliphatic hydroxyl groups is 1. The van der Waals surface area contributed by atoms with Crippen molar-refractivity contribution in [2.24, 2.45) is 11.8 Å². The summed E-state index contributed by atoms with van der Waals surface area (Å²) in [4.78, 5) is 11.7. The Morgan fingerprint density at radius 1 is 0.865 bits per heavy atom. The van der Waals surface area contributed by atoms with Crippen LogP contribution in [0.3, 0.4) is 0 Å². The molecule has 0 fully saturated rings. The van der Waals surface area contributed by atoms with E-state index in [4.69, 9.17) is 0 Å². The van der Waals surface area contributed by atoms with Crippen molar-refractivity contribution in [3.63, 3.8) is 0 Å². The molecule has 4 nitrogen and oxygen atoms in total. The number of aromatic nitrogens is 2. The Labute approximate surface area is 232 Å². The van der Waals surface area contributed by atoms with Crippen LogP contribution < -0.4 is 0 Å². The number of aliphatic hydroxyl groups excluding tert-OH is 1. The van der Waals surface area contributed by atoms with E-state index < -0.39 is 0 Å². The zero-order chi connectivity index (χ0) is 25.8. The second-order valence-electron chi connectivity index (χ2n) is 9.48. The third-order valence-electron chi connectivity index (χ3n) is 7.44. The standard InChI is InChI=1S/C19H11N2.C13H24O2.Ir/c1-11-13-7-4-9-15-14-8-2-5-12-6-3-10-16(17(12)14)19(18(13)15)21-20-11;1-5-10(6-2)12(14)9-13(15)11(7-3)8-4;/h2-9H,1H3;9-11,14H,5-8H2,1-4H3;/q-1;;/b;12-9-;. The zero-order valence-corrected chi connectivity index (χ0v) is 24.7. The molecule has 5 aromatic rings. The van der Waals surface area contributed by atoms with Crippen molar-refractivity contribution in [1.29, 1.82) is 0 Å². The molecule has 5 rings (SSSR count). The number of benzene rings is 4. The number of fused-ring (bicyclic) bond motifs is 2. The van der Waals surface area contributed by atoms with Gasteiger partial charge in [-0.2, -0.15) is 5.10 Å². The Bertz CT molecular complexity index is 1480. The van der Waals surface area contributed by atoms with Crippen LogP contribution in [-0.4, -0.2) is 21.1 Å². The van der Waals surface area contributed by atoms with E-state index in [1.807, 2.05) is 40.7 Å². The van der Waals surface area contributed by atoms with Gasteiger partial charge in [-0.1, -0.05) is 74.9 Å². The molecule has 0 amide bonds. The van der Waals surface area contributed by atoms with E-state index in [0.717, 1.165) is 42.3 Å². The number of allylic oxidation sites excluding steroid dienone is 2. The molecule has 1 radical (unpaired) electrons. The number of carbonyl (C=O) groups excluding carboxylic acids is 1. The molecule has 1 N–H and O–H groups in total. The van der Waals surface area contributed by atoms with Gasteiger partial charge in [-0.25, -0.2) is 5.10 Å². The van der Waals surface area contributed by atoms with Gasteiger partial charge in [0.15, 0.2) is 5.78 Å². The zero-order valence-electron chi connectivity index (χ0n) is 22.3. The summed E-state index contributed by atoms with van der Waals surface area (Å²) in [6.45, 7) is 10.1. The molecule has 5 heteroatoms. The van der Waals surface area contributed by atoms with Gasteiger partial charge >= 0.3 is 0 Å². The van der Waals surface area contributed by atoms with E-state index in [1.165, 1.54) is 38.4 Å². The Morgan fingerprint density at radius 2 is 1.46 bits per heavy atom. The van der Waals surface area contributed by atoms with E-state index in [9.17, 15) is 9.90 Å². The second-order valence-corrected chi connectivity index (χ2v) is 9.48. The molecule has 0 aliphatic heterocycles. The third kappa shape index (κ3) is 5.54. The first-order valence-corrected chi connectivity index (χ1v) is 13.1. The van der Waals surface area contributed by atoms with Crippen molar-refractivity contribution in [2.45, 2.75) is 60.3 Å². The maximum absolute atomic E-state index is 11.7. The first kappa shape index (κ1) is 28.7. The van der Waals surface area contributed by atoms with Crippen LogP contribution in [0.5, 0.6) is 0 Å². The van der Waals surface area contributed by atoms with Gasteiger partial charge in [0.25, 0.3) is 0 Å². The predicted molar refractivity (Wildman–Crippen MR) is 151 cm³/mol. The molecule has 1 heterocycles. The number of hydrogen-bond acceptors (Lipinski definition) is 4. The summed E-state index contributed by atoms with van der Waals surface area (Å²) >= 11 is 0. The van der Waals surface area contributed by atoms with Gasteiger partial charge in [-0.15, -0.1) is 29.0 Å². The summed E-state index contributed by atoms with van der Waals surface area (Å²) in [7, 11) is 0. The molecule has 37 heavy (non-hydrogen) atoms. The van der Waals surface area contributed by atoms with E-state index >= 15 is 0 Å². The van der Waals surface area contributed by atoms with Crippen molar-refractivity contribution < 1.29 is 30.0 Å².